The summed E-state index contributed by atoms with van der Waals surface area (Å²) in [6.07, 6.45) is 0. The van der Waals surface area contributed by atoms with Gasteiger partial charge in [0.1, 0.15) is 5.69 Å². The minimum Gasteiger partial charge on any atom is -0.379 e. The zero-order chi connectivity index (χ0) is 16.0. The number of benzene rings is 1. The average Bonchev–Trinajstić information content (AvgIpc) is 2.40. The highest BCUT2D eigenvalue weighted by Gasteiger charge is 2.21. The molecule has 21 heavy (non-hydrogen) atoms. The summed E-state index contributed by atoms with van der Waals surface area (Å²) in [4.78, 5) is 24.5. The van der Waals surface area contributed by atoms with Crippen molar-refractivity contribution in [1.82, 2.24) is 10.2 Å². The maximum Gasteiger partial charge on any atom is 0.294 e. The number of hydrogen-bond acceptors (Lipinski definition) is 5. The van der Waals surface area contributed by atoms with Crippen molar-refractivity contribution in [3.8, 4) is 0 Å². The summed E-state index contributed by atoms with van der Waals surface area (Å²) in [5.41, 5.74) is 0.197. The summed E-state index contributed by atoms with van der Waals surface area (Å²) in [7, 11) is 3.78. The minimum atomic E-state index is -0.555. The maximum absolute atomic E-state index is 12.0. The van der Waals surface area contributed by atoms with Crippen molar-refractivity contribution in [2.24, 2.45) is 0 Å². The molecule has 0 saturated carbocycles. The van der Waals surface area contributed by atoms with E-state index in [1.807, 2.05) is 25.9 Å². The number of carbonyl (C=O) groups is 1. The van der Waals surface area contributed by atoms with Gasteiger partial charge in [-0.15, -0.1) is 0 Å². The van der Waals surface area contributed by atoms with Gasteiger partial charge in [-0.25, -0.2) is 0 Å². The van der Waals surface area contributed by atoms with E-state index in [2.05, 4.69) is 10.6 Å². The third-order valence-electron chi connectivity index (χ3n) is 2.73. The molecule has 8 heteroatoms. The van der Waals surface area contributed by atoms with Gasteiger partial charge in [0.15, 0.2) is 0 Å². The monoisotopic (exact) mass is 314 g/mol. The Morgan fingerprint density at radius 2 is 2.10 bits per heavy atom. The molecule has 1 amide bonds. The van der Waals surface area contributed by atoms with Crippen LogP contribution in [0.4, 0.5) is 11.4 Å². The Morgan fingerprint density at radius 3 is 2.62 bits per heavy atom. The average molecular weight is 315 g/mol. The first-order valence-electron chi connectivity index (χ1n) is 6.51. The molecule has 0 atom stereocenters. The molecular formula is C13H19ClN4O3. The van der Waals surface area contributed by atoms with Crippen molar-refractivity contribution in [1.29, 1.82) is 0 Å². The van der Waals surface area contributed by atoms with E-state index in [4.69, 9.17) is 11.6 Å². The number of nitro benzene ring substituents is 1. The Kier molecular flexibility index (Phi) is 6.39. The van der Waals surface area contributed by atoms with Crippen molar-refractivity contribution < 1.29 is 9.72 Å². The fraction of sp³-hybridized carbons (Fsp3) is 0.462. The number of amides is 1. The second-order valence-corrected chi connectivity index (χ2v) is 5.11. The molecule has 1 aromatic carbocycles. The number of likely N-dealkylation sites (N-methyl/N-ethyl adjacent to an activating group) is 1. The van der Waals surface area contributed by atoms with Gasteiger partial charge in [-0.05, 0) is 27.1 Å². The lowest BCUT2D eigenvalue weighted by Gasteiger charge is -2.12. The quantitative estimate of drug-likeness (QED) is 0.593. The van der Waals surface area contributed by atoms with Crippen LogP contribution in [0.15, 0.2) is 12.1 Å². The Hall–Kier alpha value is -1.86. The third kappa shape index (κ3) is 4.87. The molecule has 0 radical (unpaired) electrons. The summed E-state index contributed by atoms with van der Waals surface area (Å²) < 4.78 is 0. The Labute approximate surface area is 128 Å². The molecule has 1 aromatic rings. The van der Waals surface area contributed by atoms with Crippen LogP contribution in [0.3, 0.4) is 0 Å². The Bertz CT molecular complexity index is 534. The molecule has 0 saturated heterocycles. The maximum atomic E-state index is 12.0. The van der Waals surface area contributed by atoms with Crippen LogP contribution in [0, 0.1) is 10.1 Å². The van der Waals surface area contributed by atoms with E-state index >= 15 is 0 Å². The van der Waals surface area contributed by atoms with Crippen LogP contribution in [0.2, 0.25) is 5.02 Å². The van der Waals surface area contributed by atoms with Gasteiger partial charge in [0, 0.05) is 31.3 Å². The molecule has 0 aliphatic heterocycles. The second kappa shape index (κ2) is 7.80. The van der Waals surface area contributed by atoms with Gasteiger partial charge >= 0.3 is 0 Å². The molecule has 7 nitrogen and oxygen atoms in total. The molecular weight excluding hydrogens is 296 g/mol. The van der Waals surface area contributed by atoms with Crippen molar-refractivity contribution in [3.05, 3.63) is 32.8 Å². The first kappa shape index (κ1) is 17.2. The minimum absolute atomic E-state index is 0.156. The molecule has 0 fully saturated rings. The second-order valence-electron chi connectivity index (χ2n) is 4.70. The fourth-order valence-electron chi connectivity index (χ4n) is 1.71. The van der Waals surface area contributed by atoms with E-state index in [-0.39, 0.29) is 27.9 Å². The van der Waals surface area contributed by atoms with E-state index in [1.54, 1.807) is 0 Å². The lowest BCUT2D eigenvalue weighted by Crippen LogP contribution is -2.31. The molecule has 0 aliphatic carbocycles. The van der Waals surface area contributed by atoms with Crippen LogP contribution < -0.4 is 10.6 Å². The number of nitrogens with zero attached hydrogens (tertiary/aromatic N) is 2. The van der Waals surface area contributed by atoms with Crippen LogP contribution in [0.5, 0.6) is 0 Å². The van der Waals surface area contributed by atoms with Crippen LogP contribution in [-0.2, 0) is 0 Å². The van der Waals surface area contributed by atoms with Gasteiger partial charge in [0.05, 0.1) is 9.95 Å². The number of rotatable bonds is 7. The third-order valence-corrected chi connectivity index (χ3v) is 3.02. The summed E-state index contributed by atoms with van der Waals surface area (Å²) in [6, 6.07) is 2.66. The molecule has 0 aliphatic rings. The molecule has 0 bridgehead atoms. The highest BCUT2D eigenvalue weighted by Crippen LogP contribution is 2.33. The van der Waals surface area contributed by atoms with Gasteiger partial charge in [-0.1, -0.05) is 11.6 Å². The van der Waals surface area contributed by atoms with E-state index in [9.17, 15) is 14.9 Å². The predicted molar refractivity (Wildman–Crippen MR) is 83.2 cm³/mol. The van der Waals surface area contributed by atoms with Gasteiger partial charge in [-0.2, -0.15) is 0 Å². The van der Waals surface area contributed by atoms with Gasteiger partial charge < -0.3 is 15.5 Å². The number of nitrogens with one attached hydrogen (secondary N) is 2. The number of halogens is 1. The van der Waals surface area contributed by atoms with Gasteiger partial charge in [0.2, 0.25) is 0 Å². The van der Waals surface area contributed by atoms with E-state index in [1.165, 1.54) is 12.1 Å². The number of hydrogen-bond donors (Lipinski definition) is 2. The largest absolute Gasteiger partial charge is 0.379 e. The lowest BCUT2D eigenvalue weighted by atomic mass is 10.1. The summed E-state index contributed by atoms with van der Waals surface area (Å²) in [6.45, 7) is 3.43. The number of nitro groups is 1. The normalized spacial score (nSPS) is 10.5. The SMILES string of the molecule is CCNc1c(Cl)cc(C(=O)NCCN(C)C)cc1[N+](=O)[O-]. The fourth-order valence-corrected chi connectivity index (χ4v) is 2.00. The summed E-state index contributed by atoms with van der Waals surface area (Å²) >= 11 is 6.03. The van der Waals surface area contributed by atoms with E-state index in [0.29, 0.717) is 19.6 Å². The zero-order valence-electron chi connectivity index (χ0n) is 12.3. The molecule has 0 unspecified atom stereocenters. The molecule has 0 aromatic heterocycles. The number of carbonyl (C=O) groups excluding carboxylic acids is 1. The summed E-state index contributed by atoms with van der Waals surface area (Å²) in [5, 5.41) is 16.8. The first-order chi connectivity index (χ1) is 9.86. The van der Waals surface area contributed by atoms with Crippen molar-refractivity contribution in [2.75, 3.05) is 39.0 Å². The van der Waals surface area contributed by atoms with Crippen molar-refractivity contribution >= 4 is 28.9 Å². The molecule has 0 heterocycles. The van der Waals surface area contributed by atoms with E-state index in [0.717, 1.165) is 0 Å². The van der Waals surface area contributed by atoms with Crippen LogP contribution >= 0.6 is 11.6 Å². The number of anilines is 1. The zero-order valence-corrected chi connectivity index (χ0v) is 13.0. The van der Waals surface area contributed by atoms with Crippen LogP contribution in [0.1, 0.15) is 17.3 Å². The summed E-state index contributed by atoms with van der Waals surface area (Å²) in [5.74, 6) is -0.384. The smallest absolute Gasteiger partial charge is 0.294 e. The standard InChI is InChI=1S/C13H19ClN4O3/c1-4-15-12-10(14)7-9(8-11(12)18(20)21)13(19)16-5-6-17(2)3/h7-8,15H,4-6H2,1-3H3,(H,16,19). The molecule has 2 N–H and O–H groups in total. The van der Waals surface area contributed by atoms with Gasteiger partial charge in [0.25, 0.3) is 11.6 Å². The predicted octanol–water partition coefficient (Wildman–Crippen LogP) is 1.97. The van der Waals surface area contributed by atoms with Crippen molar-refractivity contribution in [2.45, 2.75) is 6.92 Å². The Balaban J connectivity index is 2.98. The molecule has 0 spiro atoms. The van der Waals surface area contributed by atoms with Crippen LogP contribution in [-0.4, -0.2) is 49.5 Å². The first-order valence-corrected chi connectivity index (χ1v) is 6.89. The van der Waals surface area contributed by atoms with Crippen molar-refractivity contribution in [3.63, 3.8) is 0 Å². The molecule has 1 rings (SSSR count). The van der Waals surface area contributed by atoms with E-state index < -0.39 is 4.92 Å². The highest BCUT2D eigenvalue weighted by atomic mass is 35.5. The topological polar surface area (TPSA) is 87.5 Å². The molecule has 116 valence electrons. The lowest BCUT2D eigenvalue weighted by molar-refractivity contribution is -0.384. The van der Waals surface area contributed by atoms with Crippen LogP contribution in [0.25, 0.3) is 0 Å². The highest BCUT2D eigenvalue weighted by molar-refractivity contribution is 6.34. The Morgan fingerprint density at radius 1 is 1.43 bits per heavy atom. The van der Waals surface area contributed by atoms with Gasteiger partial charge in [-0.3, -0.25) is 14.9 Å².